The van der Waals surface area contributed by atoms with Gasteiger partial charge in [0.1, 0.15) is 19.6 Å². The van der Waals surface area contributed by atoms with E-state index in [0.717, 1.165) is 16.7 Å². The molecule has 4 heterocycles. The van der Waals surface area contributed by atoms with Crippen molar-refractivity contribution in [3.63, 3.8) is 0 Å². The van der Waals surface area contributed by atoms with E-state index >= 15 is 0 Å². The van der Waals surface area contributed by atoms with Crippen LogP contribution in [0.15, 0.2) is 102 Å². The number of aliphatic imine (C=N–C) groups is 2. The minimum Gasteiger partial charge on any atom is -0.471 e. The van der Waals surface area contributed by atoms with Crippen LogP contribution in [0.25, 0.3) is 23.3 Å². The molecule has 4 fully saturated rings. The van der Waals surface area contributed by atoms with Crippen LogP contribution in [-0.2, 0) is 112 Å². The lowest BCUT2D eigenvalue weighted by molar-refractivity contribution is -0.195. The van der Waals surface area contributed by atoms with Crippen molar-refractivity contribution in [1.82, 2.24) is 19.9 Å². The third-order valence-electron chi connectivity index (χ3n) is 26.7. The van der Waals surface area contributed by atoms with E-state index in [-0.39, 0.29) is 180 Å². The van der Waals surface area contributed by atoms with Crippen molar-refractivity contribution >= 4 is 138 Å². The van der Waals surface area contributed by atoms with Gasteiger partial charge in [0.05, 0.1) is 36.7 Å². The number of hydroxylamine groups is 4. The topological polar surface area (TPSA) is 558 Å². The van der Waals surface area contributed by atoms with Gasteiger partial charge in [0.2, 0.25) is 0 Å². The molecule has 0 bridgehead atoms. The number of ether oxygens (including phenoxy) is 3. The summed E-state index contributed by atoms with van der Waals surface area (Å²) in [6, 6.07) is 23.7. The summed E-state index contributed by atoms with van der Waals surface area (Å²) in [5.41, 5.74) is 2.76. The van der Waals surface area contributed by atoms with Gasteiger partial charge in [-0.3, -0.25) is 66.1 Å². The molecular weight excluding hydrogens is 1960 g/mol. The van der Waals surface area contributed by atoms with Crippen molar-refractivity contribution < 1.29 is 140 Å². The van der Waals surface area contributed by atoms with Gasteiger partial charge in [0, 0.05) is 104 Å². The fraction of sp³-hybridized carbons (Fsp3) is 0.505. The predicted molar refractivity (Wildman–Crippen MR) is 523 cm³/mol. The quantitative estimate of drug-likeness (QED) is 0.0138. The third-order valence-corrected chi connectivity index (χ3v) is 31.8. The molecule has 0 radical (unpaired) electrons. The van der Waals surface area contributed by atoms with Crippen LogP contribution in [0.1, 0.15) is 306 Å². The summed E-state index contributed by atoms with van der Waals surface area (Å²) in [5, 5.41) is 9.85. The number of carbonyl (C=O) groups excluding carboxylic acids is 8. The van der Waals surface area contributed by atoms with E-state index in [1.807, 2.05) is 83.1 Å². The van der Waals surface area contributed by atoms with E-state index < -0.39 is 144 Å². The number of nitrogens with zero attached hydrogens (tertiary/aromatic N) is 6. The number of hydrogen-bond donors (Lipinski definition) is 7. The Hall–Kier alpha value is -10.6. The molecule has 0 spiro atoms. The molecule has 43 heteroatoms. The maximum atomic E-state index is 14.0. The molecule has 4 unspecified atom stereocenters. The van der Waals surface area contributed by atoms with Crippen molar-refractivity contribution in [1.29, 1.82) is 0 Å². The second-order valence-electron chi connectivity index (χ2n) is 40.8. The molecule has 4 aliphatic heterocycles. The van der Waals surface area contributed by atoms with Gasteiger partial charge in [-0.05, 0) is 201 Å². The summed E-state index contributed by atoms with van der Waals surface area (Å²) in [4.78, 5) is 103. The van der Waals surface area contributed by atoms with Gasteiger partial charge in [0.25, 0.3) is 103 Å². The Balaban J connectivity index is 0.000000197. The minimum atomic E-state index is -5.06. The first-order valence-electron chi connectivity index (χ1n) is 46.6. The molecule has 772 valence electrons. The molecule has 0 aromatic heterocycles. The number of hydrogen-bond acceptors (Lipinski definition) is 27. The van der Waals surface area contributed by atoms with Gasteiger partial charge in [-0.25, -0.2) is 14.8 Å². The maximum Gasteiger partial charge on any atom is 0.330 e. The summed E-state index contributed by atoms with van der Waals surface area (Å²) < 4.78 is 233. The molecule has 142 heavy (non-hydrogen) atoms. The first-order chi connectivity index (χ1) is 65.8. The third kappa shape index (κ3) is 26.4. The van der Waals surface area contributed by atoms with E-state index in [9.17, 15) is 111 Å². The number of rotatable bonds is 18. The molecule has 7 N–H and O–H groups in total. The van der Waals surface area contributed by atoms with Gasteiger partial charge in [-0.15, -0.1) is 5.06 Å². The van der Waals surface area contributed by atoms with Crippen molar-refractivity contribution in [3.8, 4) is 23.0 Å². The molecular formula is C99H124N6O31S6. The Morgan fingerprint density at radius 2 is 0.796 bits per heavy atom. The van der Waals surface area contributed by atoms with Gasteiger partial charge >= 0.3 is 5.97 Å². The normalized spacial score (nSPS) is 20.2. The zero-order valence-electron chi connectivity index (χ0n) is 82.2. The van der Waals surface area contributed by atoms with Crippen LogP contribution in [0, 0.1) is 21.7 Å². The van der Waals surface area contributed by atoms with Gasteiger partial charge in [0.15, 0.2) is 23.0 Å². The number of carbonyl (C=O) groups is 8. The Labute approximate surface area is 827 Å². The van der Waals surface area contributed by atoms with Crippen LogP contribution in [0.4, 0.5) is 0 Å². The number of imide groups is 2. The van der Waals surface area contributed by atoms with E-state index in [1.54, 1.807) is 72.8 Å². The average Bonchev–Trinajstić information content (AvgIpc) is 0.767. The fourth-order valence-electron chi connectivity index (χ4n) is 20.9. The largest absolute Gasteiger partial charge is 0.471 e. The zero-order chi connectivity index (χ0) is 105. The Bertz CT molecular complexity index is 6770. The highest BCUT2D eigenvalue weighted by molar-refractivity contribution is 7.87. The van der Waals surface area contributed by atoms with Crippen LogP contribution in [-0.4, -0.2) is 215 Å². The summed E-state index contributed by atoms with van der Waals surface area (Å²) in [6.07, 6.45) is 20.4. The molecule has 37 nitrogen and oxygen atoms in total. The SMILES string of the molecule is C(=NC1CCCCC1)=NC1CCCCC1.CC(=O)ON1C(=O)CCC1=O.CC1CC(C)(C)Cc2c1cc1c(c2S(=O)(=O)O)Oc2c(S(=O)(=O)O)c3c(cc2=C1c1ccccc1C(=O)N(C)CCS(=O)(=O)O)C(C)CC(C)(C)C=3.CC1CC(C)(C)Cc2c1cc1c(c2S(=O)(=O)O)Oc2c(S(=O)(=O)O)c3c(cc2=C1c1ccccc1C(=O)N(C)CCS(=O)(=O)O)C(C)CC(C)(C)C=3.COC=O.O=C1CCC(=O)N1O. The summed E-state index contributed by atoms with van der Waals surface area (Å²) >= 11 is 0. The summed E-state index contributed by atoms with van der Waals surface area (Å²) in [6.45, 7) is 24.2. The number of amides is 6. The lowest BCUT2D eigenvalue weighted by Crippen LogP contribution is -2.36. The fourth-order valence-corrected chi connectivity index (χ4v) is 25.4. The molecule has 10 aliphatic rings. The second-order valence-corrected chi connectivity index (χ2v) is 49.4. The highest BCUT2D eigenvalue weighted by Crippen LogP contribution is 2.55. The molecule has 2 saturated carbocycles. The van der Waals surface area contributed by atoms with Gasteiger partial charge < -0.3 is 28.8 Å². The summed E-state index contributed by atoms with van der Waals surface area (Å²) in [7, 11) is -25.0. The molecule has 6 aromatic rings. The number of methoxy groups -OCH3 is 1. The van der Waals surface area contributed by atoms with Crippen LogP contribution in [0.2, 0.25) is 0 Å². The van der Waals surface area contributed by atoms with Crippen LogP contribution >= 0.6 is 0 Å². The molecule has 6 aromatic carbocycles. The van der Waals surface area contributed by atoms with Crippen molar-refractivity contribution in [3.05, 3.63) is 160 Å². The van der Waals surface area contributed by atoms with Crippen LogP contribution in [0.5, 0.6) is 23.0 Å². The molecule has 16 rings (SSSR count). The predicted octanol–water partition coefficient (Wildman–Crippen LogP) is 12.5. The molecule has 4 atom stereocenters. The molecule has 6 aliphatic carbocycles. The minimum absolute atomic E-state index is 0.0568. The van der Waals surface area contributed by atoms with Gasteiger partial charge in [-0.2, -0.15) is 55.6 Å². The van der Waals surface area contributed by atoms with Crippen molar-refractivity contribution in [2.24, 2.45) is 31.6 Å². The Kier molecular flexibility index (Phi) is 34.1. The zero-order valence-corrected chi connectivity index (χ0v) is 87.1. The molecule has 2 saturated heterocycles. The lowest BCUT2D eigenvalue weighted by atomic mass is 9.69. The Morgan fingerprint density at radius 3 is 1.10 bits per heavy atom. The Morgan fingerprint density at radius 1 is 0.472 bits per heavy atom. The van der Waals surface area contributed by atoms with E-state index in [0.29, 0.717) is 82.7 Å². The first kappa shape index (κ1) is 112. The monoisotopic (exact) mass is 2080 g/mol. The number of benzene rings is 6. The van der Waals surface area contributed by atoms with Gasteiger partial charge in [-0.1, -0.05) is 170 Å². The van der Waals surface area contributed by atoms with E-state index in [1.165, 1.54) is 97.5 Å². The van der Waals surface area contributed by atoms with Crippen molar-refractivity contribution in [2.45, 2.75) is 274 Å². The standard InChI is InChI=1S/2C37H43NO11S3.C13H22N2.C6H7NO4.C4H5NO3.C2H4O2/c2*1-20-16-36(3,4)18-28-24(20)14-26-30(22-10-8-9-11-23(22)35(39)38(7)12-13-50(40,41)42)27-15-25-21(2)17-37(5,6)19-29(25)34(52(46,47)48)32(27)49-31(26)33(28)51(43,44)45;1-3-7-12(8-4-1)14-11-15-13-9-5-2-6-10-13;1-4(8)11-7-5(9)2-3-6(7)10;6-3-1-2-4(7)5(3)8;1-4-2-3/h2*8-11,14-15,18,20-21H,12-13,16-17,19H2,1-7H3,(H,40,41,42)(H,43,44,45)(H,46,47,48);12-13H,1-10H2;2-3H2,1H3;8H,1-2H2;2H,1H3. The van der Waals surface area contributed by atoms with E-state index in [4.69, 9.17) is 19.5 Å². The highest BCUT2D eigenvalue weighted by Gasteiger charge is 2.46. The summed E-state index contributed by atoms with van der Waals surface area (Å²) in [5.74, 6) is -7.46. The van der Waals surface area contributed by atoms with Crippen molar-refractivity contribution in [2.75, 3.05) is 45.8 Å². The lowest BCUT2D eigenvalue weighted by Gasteiger charge is -2.38. The van der Waals surface area contributed by atoms with Crippen LogP contribution in [0.3, 0.4) is 0 Å². The van der Waals surface area contributed by atoms with E-state index in [2.05, 4.69) is 25.6 Å². The second kappa shape index (κ2) is 43.3. The smallest absolute Gasteiger partial charge is 0.330 e. The average molecular weight is 2090 g/mol. The first-order valence-corrected chi connectivity index (χ1v) is 55.6. The molecule has 6 amide bonds. The highest BCUT2D eigenvalue weighted by atomic mass is 32.2. The van der Waals surface area contributed by atoms with Crippen LogP contribution < -0.4 is 30.3 Å². The number of fused-ring (bicyclic) bond motifs is 8. The maximum absolute atomic E-state index is 14.0.